The van der Waals surface area contributed by atoms with Gasteiger partial charge in [-0.15, -0.1) is 0 Å². The van der Waals surface area contributed by atoms with E-state index in [2.05, 4.69) is 10.6 Å². The Bertz CT molecular complexity index is 377. The van der Waals surface area contributed by atoms with Gasteiger partial charge in [0.2, 0.25) is 0 Å². The zero-order chi connectivity index (χ0) is 17.0. The molecule has 2 aliphatic carbocycles. The molecule has 2 saturated carbocycles. The van der Waals surface area contributed by atoms with Gasteiger partial charge in [0, 0.05) is 6.54 Å². The molecule has 2 heterocycles. The van der Waals surface area contributed by atoms with Gasteiger partial charge in [0.15, 0.2) is 0 Å². The Morgan fingerprint density at radius 2 is 1.12 bits per heavy atom. The second-order valence-electron chi connectivity index (χ2n) is 10.3. The van der Waals surface area contributed by atoms with Gasteiger partial charge >= 0.3 is 0 Å². The molecule has 4 fully saturated rings. The van der Waals surface area contributed by atoms with E-state index >= 15 is 0 Å². The number of hydrogen-bond acceptors (Lipinski definition) is 2. The van der Waals surface area contributed by atoms with Crippen molar-refractivity contribution >= 4 is 0 Å². The summed E-state index contributed by atoms with van der Waals surface area (Å²) in [5.41, 5.74) is 0.710. The van der Waals surface area contributed by atoms with Crippen LogP contribution in [0.1, 0.15) is 89.9 Å². The van der Waals surface area contributed by atoms with Gasteiger partial charge in [-0.25, -0.2) is 0 Å². The molecule has 25 heavy (non-hydrogen) atoms. The first-order chi connectivity index (χ1) is 12.3. The zero-order valence-corrected chi connectivity index (χ0v) is 16.5. The van der Waals surface area contributed by atoms with Crippen LogP contribution in [-0.4, -0.2) is 26.2 Å². The topological polar surface area (TPSA) is 24.1 Å². The maximum Gasteiger partial charge on any atom is 0.000782 e. The molecule has 0 amide bonds. The van der Waals surface area contributed by atoms with Gasteiger partial charge in [-0.3, -0.25) is 0 Å². The van der Waals surface area contributed by atoms with Gasteiger partial charge in [0.1, 0.15) is 0 Å². The monoisotopic (exact) mass is 346 g/mol. The summed E-state index contributed by atoms with van der Waals surface area (Å²) in [6, 6.07) is 0. The first-order valence-corrected chi connectivity index (χ1v) is 11.7. The summed E-state index contributed by atoms with van der Waals surface area (Å²) in [5.74, 6) is 4.26. The van der Waals surface area contributed by atoms with E-state index in [1.165, 1.54) is 77.5 Å². The molecule has 2 saturated heterocycles. The zero-order valence-electron chi connectivity index (χ0n) is 16.5. The average molecular weight is 347 g/mol. The highest BCUT2D eigenvalue weighted by Gasteiger charge is 2.37. The lowest BCUT2D eigenvalue weighted by Gasteiger charge is -2.44. The van der Waals surface area contributed by atoms with Crippen molar-refractivity contribution in [3.63, 3.8) is 0 Å². The molecule has 2 heteroatoms. The molecule has 0 aromatic rings. The molecule has 2 nitrogen and oxygen atoms in total. The van der Waals surface area contributed by atoms with Crippen LogP contribution in [-0.2, 0) is 0 Å². The van der Waals surface area contributed by atoms with Crippen molar-refractivity contribution in [1.29, 1.82) is 0 Å². The van der Waals surface area contributed by atoms with E-state index < -0.39 is 0 Å². The van der Waals surface area contributed by atoms with Crippen LogP contribution < -0.4 is 10.6 Å². The lowest BCUT2D eigenvalue weighted by atomic mass is 9.64. The van der Waals surface area contributed by atoms with Crippen LogP contribution in [0, 0.1) is 29.1 Å². The number of nitrogens with one attached hydrogen (secondary N) is 2. The Morgan fingerprint density at radius 1 is 0.560 bits per heavy atom. The van der Waals surface area contributed by atoms with Crippen LogP contribution >= 0.6 is 0 Å². The summed E-state index contributed by atoms with van der Waals surface area (Å²) in [6.07, 6.45) is 21.3. The van der Waals surface area contributed by atoms with E-state index in [1.807, 2.05) is 0 Å². The molecular weight excluding hydrogens is 304 g/mol. The third-order valence-corrected chi connectivity index (χ3v) is 8.48. The summed E-state index contributed by atoms with van der Waals surface area (Å²) in [7, 11) is 0. The van der Waals surface area contributed by atoms with Crippen molar-refractivity contribution < 1.29 is 0 Å². The maximum absolute atomic E-state index is 3.68. The fourth-order valence-electron chi connectivity index (χ4n) is 6.75. The van der Waals surface area contributed by atoms with Crippen LogP contribution in [0.4, 0.5) is 0 Å². The van der Waals surface area contributed by atoms with E-state index in [-0.39, 0.29) is 0 Å². The van der Waals surface area contributed by atoms with Crippen molar-refractivity contribution in [1.82, 2.24) is 10.6 Å². The summed E-state index contributed by atoms with van der Waals surface area (Å²) >= 11 is 0. The summed E-state index contributed by atoms with van der Waals surface area (Å²) in [6.45, 7) is 5.14. The van der Waals surface area contributed by atoms with Crippen molar-refractivity contribution in [2.24, 2.45) is 29.1 Å². The van der Waals surface area contributed by atoms with Gasteiger partial charge in [-0.1, -0.05) is 25.7 Å². The predicted octanol–water partition coefficient (Wildman–Crippen LogP) is 5.13. The first kappa shape index (κ1) is 18.3. The number of hydrogen-bond donors (Lipinski definition) is 2. The summed E-state index contributed by atoms with van der Waals surface area (Å²) < 4.78 is 0. The Labute approximate surface area is 156 Å². The highest BCUT2D eigenvalue weighted by Crippen LogP contribution is 2.46. The molecule has 0 atom stereocenters. The third-order valence-electron chi connectivity index (χ3n) is 8.48. The number of rotatable bonds is 4. The second-order valence-corrected chi connectivity index (χ2v) is 10.3. The normalized spacial score (nSPS) is 41.0. The molecule has 4 aliphatic rings. The molecule has 0 radical (unpaired) electrons. The maximum atomic E-state index is 3.68. The highest BCUT2D eigenvalue weighted by atomic mass is 14.9. The highest BCUT2D eigenvalue weighted by molar-refractivity contribution is 4.90. The Balaban J connectivity index is 1.14. The summed E-state index contributed by atoms with van der Waals surface area (Å²) in [5, 5.41) is 7.20. The molecule has 0 aromatic heterocycles. The quantitative estimate of drug-likeness (QED) is 0.737. The van der Waals surface area contributed by atoms with Gasteiger partial charge in [-0.2, -0.15) is 0 Å². The lowest BCUT2D eigenvalue weighted by Crippen LogP contribution is -2.42. The largest absolute Gasteiger partial charge is 0.317 e. The predicted molar refractivity (Wildman–Crippen MR) is 107 cm³/mol. The van der Waals surface area contributed by atoms with Crippen molar-refractivity contribution in [2.75, 3.05) is 26.2 Å². The van der Waals surface area contributed by atoms with Crippen LogP contribution in [0.15, 0.2) is 0 Å². The minimum atomic E-state index is 0.710. The van der Waals surface area contributed by atoms with E-state index in [1.54, 1.807) is 38.5 Å². The van der Waals surface area contributed by atoms with Gasteiger partial charge in [0.25, 0.3) is 0 Å². The minimum Gasteiger partial charge on any atom is -0.317 e. The fraction of sp³-hybridized carbons (Fsp3) is 1.00. The van der Waals surface area contributed by atoms with Crippen LogP contribution in [0.3, 0.4) is 0 Å². The lowest BCUT2D eigenvalue weighted by molar-refractivity contribution is 0.0949. The van der Waals surface area contributed by atoms with Crippen molar-refractivity contribution in [3.05, 3.63) is 0 Å². The van der Waals surface area contributed by atoms with E-state index in [9.17, 15) is 0 Å². The van der Waals surface area contributed by atoms with E-state index in [0.717, 1.165) is 23.7 Å². The molecule has 2 aliphatic heterocycles. The molecule has 0 aromatic carbocycles. The molecule has 0 unspecified atom stereocenters. The molecular formula is C23H42N2. The van der Waals surface area contributed by atoms with E-state index in [4.69, 9.17) is 0 Å². The Morgan fingerprint density at radius 3 is 1.68 bits per heavy atom. The third kappa shape index (κ3) is 5.01. The standard InChI is InChI=1S/C23H42N2/c1-10-23(18-25-13-1)11-6-21(7-12-23)16-19-2-4-20(5-3-19)17-22-8-14-24-15-9-22/h19-22,24-25H,1-18H2. The van der Waals surface area contributed by atoms with Crippen LogP contribution in [0.25, 0.3) is 0 Å². The van der Waals surface area contributed by atoms with Crippen LogP contribution in [0.2, 0.25) is 0 Å². The second kappa shape index (κ2) is 8.74. The average Bonchev–Trinajstić information content (AvgIpc) is 2.67. The van der Waals surface area contributed by atoms with Crippen molar-refractivity contribution in [3.8, 4) is 0 Å². The van der Waals surface area contributed by atoms with E-state index in [0.29, 0.717) is 5.41 Å². The molecule has 2 N–H and O–H groups in total. The minimum absolute atomic E-state index is 0.710. The van der Waals surface area contributed by atoms with Gasteiger partial charge in [0.05, 0.1) is 0 Å². The summed E-state index contributed by atoms with van der Waals surface area (Å²) in [4.78, 5) is 0. The van der Waals surface area contributed by atoms with Gasteiger partial charge in [-0.05, 0) is 113 Å². The molecule has 4 rings (SSSR count). The Hall–Kier alpha value is -0.0800. The Kier molecular flexibility index (Phi) is 6.39. The van der Waals surface area contributed by atoms with Crippen LogP contribution in [0.5, 0.6) is 0 Å². The smallest absolute Gasteiger partial charge is 0.000782 e. The molecule has 0 bridgehead atoms. The SMILES string of the molecule is C1CNCC2(C1)CCC(CC1CCC(CC3CCNCC3)CC1)CC2. The fourth-order valence-corrected chi connectivity index (χ4v) is 6.75. The van der Waals surface area contributed by atoms with Gasteiger partial charge < -0.3 is 10.6 Å². The number of piperidine rings is 2. The molecule has 1 spiro atoms. The molecule has 144 valence electrons. The first-order valence-electron chi connectivity index (χ1n) is 11.7. The van der Waals surface area contributed by atoms with Crippen molar-refractivity contribution in [2.45, 2.75) is 89.9 Å².